The van der Waals surface area contributed by atoms with Crippen molar-refractivity contribution in [3.63, 3.8) is 0 Å². The van der Waals surface area contributed by atoms with Crippen LogP contribution in [0.5, 0.6) is 11.5 Å². The van der Waals surface area contributed by atoms with E-state index in [9.17, 15) is 13.2 Å². The predicted molar refractivity (Wildman–Crippen MR) is 135 cm³/mol. The molecule has 0 aliphatic heterocycles. The minimum absolute atomic E-state index is 0.0970. The first-order valence-corrected chi connectivity index (χ1v) is 13.6. The molecule has 0 radical (unpaired) electrons. The van der Waals surface area contributed by atoms with E-state index >= 15 is 4.39 Å². The number of nitrogens with zero attached hydrogens (tertiary/aromatic N) is 2. The molecule has 35 heavy (non-hydrogen) atoms. The number of rotatable bonds is 7. The fourth-order valence-corrected chi connectivity index (χ4v) is 5.43. The molecule has 0 bridgehead atoms. The van der Waals surface area contributed by atoms with Crippen molar-refractivity contribution < 1.29 is 27.1 Å². The van der Waals surface area contributed by atoms with Crippen molar-refractivity contribution in [3.05, 3.63) is 62.6 Å². The van der Waals surface area contributed by atoms with Crippen LogP contribution in [0.15, 0.2) is 46.1 Å². The van der Waals surface area contributed by atoms with Crippen LogP contribution in [0.25, 0.3) is 0 Å². The van der Waals surface area contributed by atoms with Crippen LogP contribution in [0.1, 0.15) is 39.7 Å². The maximum atomic E-state index is 15.2. The van der Waals surface area contributed by atoms with E-state index in [1.54, 1.807) is 39.0 Å². The number of carbonyl (C=O) groups is 1. The van der Waals surface area contributed by atoms with E-state index in [0.29, 0.717) is 21.5 Å². The number of aryl methyl sites for hydroxylation is 1. The van der Waals surface area contributed by atoms with Gasteiger partial charge in [-0.25, -0.2) is 22.6 Å². The lowest BCUT2D eigenvalue weighted by Crippen LogP contribution is -2.41. The summed E-state index contributed by atoms with van der Waals surface area (Å²) in [6, 6.07) is 6.72. The monoisotopic (exact) mass is 560 g/mol. The average Bonchev–Trinajstić information content (AvgIpc) is 3.25. The first-order valence-electron chi connectivity index (χ1n) is 10.5. The molecule has 0 saturated heterocycles. The SMILES string of the molecule is CCCc1cc(Cl)ccc1Oc1cc(F)c(S(=O)(=O)N(C(=O)OC(C)(C)C)c2cscn2)cc1Cl. The zero-order valence-electron chi connectivity index (χ0n) is 19.3. The van der Waals surface area contributed by atoms with Crippen LogP contribution in [-0.4, -0.2) is 25.1 Å². The molecule has 0 fully saturated rings. The Kier molecular flexibility index (Phi) is 8.31. The van der Waals surface area contributed by atoms with Crippen LogP contribution in [-0.2, 0) is 21.2 Å². The van der Waals surface area contributed by atoms with Crippen LogP contribution in [0, 0.1) is 5.82 Å². The topological polar surface area (TPSA) is 85.8 Å². The molecule has 3 aromatic rings. The van der Waals surface area contributed by atoms with Crippen molar-refractivity contribution in [1.29, 1.82) is 0 Å². The van der Waals surface area contributed by atoms with Gasteiger partial charge in [-0.05, 0) is 57.0 Å². The van der Waals surface area contributed by atoms with Gasteiger partial charge in [-0.2, -0.15) is 0 Å². The zero-order chi connectivity index (χ0) is 26.0. The third-order valence-electron chi connectivity index (χ3n) is 4.45. The summed E-state index contributed by atoms with van der Waals surface area (Å²) in [7, 11) is -4.79. The first-order chi connectivity index (χ1) is 16.3. The standard InChI is InChI=1S/C23H23Cl2FN2O5S2/c1-5-6-14-9-15(24)7-8-18(14)32-19-11-17(26)20(10-16(19)25)35(30,31)28(21-12-34-13-27-21)22(29)33-23(2,3)4/h7-13H,5-6H2,1-4H3. The van der Waals surface area contributed by atoms with Crippen molar-refractivity contribution in [2.24, 2.45) is 0 Å². The molecule has 3 rings (SSSR count). The lowest BCUT2D eigenvalue weighted by atomic mass is 10.1. The smallest absolute Gasteiger partial charge is 0.430 e. The fraction of sp³-hybridized carbons (Fsp3) is 0.304. The number of thiazole rings is 1. The van der Waals surface area contributed by atoms with Crippen molar-refractivity contribution in [1.82, 2.24) is 4.98 Å². The molecule has 1 aromatic heterocycles. The van der Waals surface area contributed by atoms with Gasteiger partial charge in [-0.15, -0.1) is 15.6 Å². The van der Waals surface area contributed by atoms with E-state index in [1.165, 1.54) is 10.9 Å². The van der Waals surface area contributed by atoms with Crippen molar-refractivity contribution in [2.75, 3.05) is 4.31 Å². The number of hydrogen-bond acceptors (Lipinski definition) is 7. The zero-order valence-corrected chi connectivity index (χ0v) is 22.5. The number of halogens is 3. The third kappa shape index (κ3) is 6.43. The Morgan fingerprint density at radius 3 is 2.49 bits per heavy atom. The average molecular weight is 561 g/mol. The van der Waals surface area contributed by atoms with Crippen LogP contribution >= 0.6 is 34.5 Å². The second kappa shape index (κ2) is 10.7. The quantitative estimate of drug-likeness (QED) is 0.298. The van der Waals surface area contributed by atoms with Crippen LogP contribution in [0.4, 0.5) is 15.0 Å². The molecular formula is C23H23Cl2FN2O5S2. The molecule has 1 amide bonds. The molecule has 0 unspecified atom stereocenters. The molecule has 0 N–H and O–H groups in total. The van der Waals surface area contributed by atoms with Gasteiger partial charge >= 0.3 is 6.09 Å². The second-order valence-corrected chi connectivity index (χ2v) is 11.7. The van der Waals surface area contributed by atoms with E-state index in [-0.39, 0.29) is 16.6 Å². The van der Waals surface area contributed by atoms with E-state index in [2.05, 4.69) is 4.98 Å². The van der Waals surface area contributed by atoms with Crippen LogP contribution < -0.4 is 9.04 Å². The maximum absolute atomic E-state index is 15.2. The summed E-state index contributed by atoms with van der Waals surface area (Å²) >= 11 is 13.4. The van der Waals surface area contributed by atoms with E-state index in [0.717, 1.165) is 35.5 Å². The third-order valence-corrected chi connectivity index (χ3v) is 7.24. The van der Waals surface area contributed by atoms with E-state index in [4.69, 9.17) is 32.7 Å². The van der Waals surface area contributed by atoms with Gasteiger partial charge in [0.05, 0.1) is 10.5 Å². The number of sulfonamides is 1. The summed E-state index contributed by atoms with van der Waals surface area (Å²) in [6.45, 7) is 6.70. The summed E-state index contributed by atoms with van der Waals surface area (Å²) in [5.74, 6) is -1.09. The number of benzene rings is 2. The molecule has 188 valence electrons. The van der Waals surface area contributed by atoms with Crippen molar-refractivity contribution in [3.8, 4) is 11.5 Å². The molecule has 0 aliphatic carbocycles. The minimum atomic E-state index is -4.79. The van der Waals surface area contributed by atoms with Crippen molar-refractivity contribution >= 4 is 56.5 Å². The maximum Gasteiger partial charge on any atom is 0.430 e. The summed E-state index contributed by atoms with van der Waals surface area (Å²) in [4.78, 5) is 15.9. The number of anilines is 1. The minimum Gasteiger partial charge on any atom is -0.455 e. The fourth-order valence-electron chi connectivity index (χ4n) is 3.04. The molecule has 7 nitrogen and oxygen atoms in total. The van der Waals surface area contributed by atoms with Crippen LogP contribution in [0.3, 0.4) is 0 Å². The summed E-state index contributed by atoms with van der Waals surface area (Å²) in [6.07, 6.45) is 0.234. The predicted octanol–water partition coefficient (Wildman–Crippen LogP) is 7.46. The molecule has 12 heteroatoms. The van der Waals surface area contributed by atoms with Gasteiger partial charge in [0.15, 0.2) is 5.82 Å². The molecule has 2 aromatic carbocycles. The number of hydrogen-bond donors (Lipinski definition) is 0. The Balaban J connectivity index is 2.03. The Morgan fingerprint density at radius 2 is 1.89 bits per heavy atom. The number of carbonyl (C=O) groups excluding carboxylic acids is 1. The second-order valence-electron chi connectivity index (χ2n) is 8.41. The molecule has 0 spiro atoms. The summed E-state index contributed by atoms with van der Waals surface area (Å²) in [5, 5.41) is 1.67. The number of amides is 1. The highest BCUT2D eigenvalue weighted by Gasteiger charge is 2.38. The van der Waals surface area contributed by atoms with Gasteiger partial charge < -0.3 is 9.47 Å². The lowest BCUT2D eigenvalue weighted by Gasteiger charge is -2.26. The molecule has 1 heterocycles. The van der Waals surface area contributed by atoms with Gasteiger partial charge in [0.2, 0.25) is 0 Å². The van der Waals surface area contributed by atoms with Gasteiger partial charge in [-0.1, -0.05) is 36.5 Å². The molecule has 0 atom stereocenters. The first kappa shape index (κ1) is 27.2. The highest BCUT2D eigenvalue weighted by atomic mass is 35.5. The highest BCUT2D eigenvalue weighted by Crippen LogP contribution is 2.37. The van der Waals surface area contributed by atoms with Gasteiger partial charge in [0, 0.05) is 16.5 Å². The molecule has 0 aliphatic rings. The van der Waals surface area contributed by atoms with Crippen molar-refractivity contribution in [2.45, 2.75) is 51.0 Å². The van der Waals surface area contributed by atoms with Gasteiger partial charge in [0.25, 0.3) is 10.0 Å². The molecule has 0 saturated carbocycles. The summed E-state index contributed by atoms with van der Waals surface area (Å²) in [5.41, 5.74) is 1.11. The van der Waals surface area contributed by atoms with Gasteiger partial charge in [0.1, 0.15) is 27.8 Å². The Morgan fingerprint density at radius 1 is 1.17 bits per heavy atom. The number of ether oxygens (including phenoxy) is 2. The molecular weight excluding hydrogens is 538 g/mol. The van der Waals surface area contributed by atoms with E-state index in [1.807, 2.05) is 6.92 Å². The Bertz CT molecular complexity index is 1330. The highest BCUT2D eigenvalue weighted by molar-refractivity contribution is 7.93. The normalized spacial score (nSPS) is 11.9. The van der Waals surface area contributed by atoms with E-state index < -0.39 is 32.4 Å². The van der Waals surface area contributed by atoms with Crippen LogP contribution in [0.2, 0.25) is 10.0 Å². The number of aromatic nitrogens is 1. The summed E-state index contributed by atoms with van der Waals surface area (Å²) < 4.78 is 53.4. The largest absolute Gasteiger partial charge is 0.455 e. The lowest BCUT2D eigenvalue weighted by molar-refractivity contribution is 0.0608. The Labute approximate surface area is 217 Å². The van der Waals surface area contributed by atoms with Gasteiger partial charge in [-0.3, -0.25) is 0 Å². The Hall–Kier alpha value is -2.40.